The highest BCUT2D eigenvalue weighted by atomic mass is 32.2. The molecule has 4 rings (SSSR count). The summed E-state index contributed by atoms with van der Waals surface area (Å²) < 4.78 is 74.1. The predicted octanol–water partition coefficient (Wildman–Crippen LogP) is 4.47. The van der Waals surface area contributed by atoms with Crippen molar-refractivity contribution in [2.24, 2.45) is 0 Å². The number of benzene rings is 4. The quantitative estimate of drug-likeness (QED) is 0.291. The minimum absolute atomic E-state index is 0.0284. The first-order chi connectivity index (χ1) is 18.6. The second-order valence-electron chi connectivity index (χ2n) is 8.21. The molecule has 0 fully saturated rings. The Morgan fingerprint density at radius 1 is 0.769 bits per heavy atom. The van der Waals surface area contributed by atoms with Gasteiger partial charge < -0.3 is 10.1 Å². The normalized spacial score (nSPS) is 11.4. The molecule has 0 saturated carbocycles. The summed E-state index contributed by atoms with van der Waals surface area (Å²) in [4.78, 5) is 12.8. The molecule has 9 nitrogen and oxygen atoms in total. The molecule has 39 heavy (non-hydrogen) atoms. The summed E-state index contributed by atoms with van der Waals surface area (Å²) in [5, 5.41) is 2.57. The fraction of sp³-hybridized carbons (Fsp3) is 0.0741. The van der Waals surface area contributed by atoms with Crippen molar-refractivity contribution in [2.75, 3.05) is 28.0 Å². The number of hydrogen-bond donors (Lipinski definition) is 2. The third-order valence-electron chi connectivity index (χ3n) is 5.52. The third-order valence-corrected chi connectivity index (χ3v) is 8.71. The highest BCUT2D eigenvalue weighted by molar-refractivity contribution is 7.93. The molecule has 4 aromatic carbocycles. The van der Waals surface area contributed by atoms with Crippen LogP contribution in [0.5, 0.6) is 5.75 Å². The lowest BCUT2D eigenvalue weighted by Gasteiger charge is -2.24. The van der Waals surface area contributed by atoms with E-state index in [1.54, 1.807) is 30.3 Å². The maximum Gasteiger partial charge on any atom is 0.264 e. The number of rotatable bonds is 10. The van der Waals surface area contributed by atoms with Crippen molar-refractivity contribution in [1.29, 1.82) is 0 Å². The Labute approximate surface area is 226 Å². The minimum Gasteiger partial charge on any atom is -0.497 e. The van der Waals surface area contributed by atoms with Crippen LogP contribution in [0.4, 0.5) is 21.5 Å². The van der Waals surface area contributed by atoms with Gasteiger partial charge in [0.2, 0.25) is 5.91 Å². The first kappa shape index (κ1) is 27.6. The molecule has 202 valence electrons. The van der Waals surface area contributed by atoms with Crippen LogP contribution in [0, 0.1) is 5.82 Å². The number of nitrogens with zero attached hydrogens (tertiary/aromatic N) is 1. The zero-order valence-corrected chi connectivity index (χ0v) is 22.2. The highest BCUT2D eigenvalue weighted by Gasteiger charge is 2.27. The molecular weight excluding hydrogens is 545 g/mol. The Morgan fingerprint density at radius 3 is 1.95 bits per heavy atom. The van der Waals surface area contributed by atoms with Crippen LogP contribution in [0.3, 0.4) is 0 Å². The Kier molecular flexibility index (Phi) is 8.17. The fourth-order valence-electron chi connectivity index (χ4n) is 3.57. The molecule has 0 unspecified atom stereocenters. The lowest BCUT2D eigenvalue weighted by molar-refractivity contribution is -0.114. The standard InChI is InChI=1S/C27H24FN3O6S2/c1-37-24-13-17-26(18-14-24)39(35,36)31(23-11-7-20(28)8-12-23)19-27(32)29-21-9-15-25(16-10-21)38(33,34)30-22-5-3-2-4-6-22/h2-18,30H,19H2,1H3,(H,29,32). The van der Waals surface area contributed by atoms with E-state index in [4.69, 9.17) is 4.74 Å². The summed E-state index contributed by atoms with van der Waals surface area (Å²) in [6.45, 7) is -0.629. The van der Waals surface area contributed by atoms with Gasteiger partial charge >= 0.3 is 0 Å². The average molecular weight is 570 g/mol. The average Bonchev–Trinajstić information content (AvgIpc) is 2.93. The number of carbonyl (C=O) groups excluding carboxylic acids is 1. The van der Waals surface area contributed by atoms with Gasteiger partial charge in [-0.05, 0) is 84.9 Å². The molecule has 0 heterocycles. The van der Waals surface area contributed by atoms with E-state index in [1.807, 2.05) is 0 Å². The van der Waals surface area contributed by atoms with Crippen molar-refractivity contribution in [3.8, 4) is 5.75 Å². The van der Waals surface area contributed by atoms with Crippen LogP contribution < -0.4 is 19.1 Å². The van der Waals surface area contributed by atoms with E-state index < -0.39 is 38.3 Å². The van der Waals surface area contributed by atoms with Crippen molar-refractivity contribution >= 4 is 43.0 Å². The molecule has 12 heteroatoms. The predicted molar refractivity (Wildman–Crippen MR) is 146 cm³/mol. The summed E-state index contributed by atoms with van der Waals surface area (Å²) in [5.74, 6) is -0.819. The van der Waals surface area contributed by atoms with Crippen molar-refractivity contribution in [1.82, 2.24) is 0 Å². The summed E-state index contributed by atoms with van der Waals surface area (Å²) in [7, 11) is -6.65. The van der Waals surface area contributed by atoms with Gasteiger partial charge in [0.15, 0.2) is 0 Å². The van der Waals surface area contributed by atoms with Gasteiger partial charge in [-0.1, -0.05) is 18.2 Å². The van der Waals surface area contributed by atoms with Crippen LogP contribution in [0.1, 0.15) is 0 Å². The van der Waals surface area contributed by atoms with E-state index in [9.17, 15) is 26.0 Å². The molecule has 4 aromatic rings. The van der Waals surface area contributed by atoms with Gasteiger partial charge in [-0.25, -0.2) is 21.2 Å². The molecule has 0 aliphatic heterocycles. The summed E-state index contributed by atoms with van der Waals surface area (Å²) in [5.41, 5.74) is 0.726. The maximum atomic E-state index is 13.5. The van der Waals surface area contributed by atoms with E-state index in [0.717, 1.165) is 16.4 Å². The van der Waals surface area contributed by atoms with E-state index in [0.29, 0.717) is 11.4 Å². The Balaban J connectivity index is 1.53. The number of carbonyl (C=O) groups is 1. The lowest BCUT2D eigenvalue weighted by Crippen LogP contribution is -2.38. The van der Waals surface area contributed by atoms with Gasteiger partial charge in [-0.3, -0.25) is 13.8 Å². The first-order valence-electron chi connectivity index (χ1n) is 11.5. The van der Waals surface area contributed by atoms with Crippen LogP contribution in [-0.2, 0) is 24.8 Å². The number of halogens is 1. The number of ether oxygens (including phenoxy) is 1. The van der Waals surface area contributed by atoms with E-state index in [-0.39, 0.29) is 21.2 Å². The van der Waals surface area contributed by atoms with E-state index in [1.165, 1.54) is 67.8 Å². The second-order valence-corrected chi connectivity index (χ2v) is 11.8. The molecule has 2 N–H and O–H groups in total. The molecule has 0 aromatic heterocycles. The van der Waals surface area contributed by atoms with Crippen LogP contribution >= 0.6 is 0 Å². The number of nitrogens with one attached hydrogen (secondary N) is 2. The van der Waals surface area contributed by atoms with Gasteiger partial charge in [0.25, 0.3) is 20.0 Å². The smallest absolute Gasteiger partial charge is 0.264 e. The fourth-order valence-corrected chi connectivity index (χ4v) is 6.05. The summed E-state index contributed by atoms with van der Waals surface area (Å²) >= 11 is 0. The number of methoxy groups -OCH3 is 1. The first-order valence-corrected chi connectivity index (χ1v) is 14.4. The van der Waals surface area contributed by atoms with Gasteiger partial charge in [0.1, 0.15) is 18.1 Å². The summed E-state index contributed by atoms with van der Waals surface area (Å²) in [6, 6.07) is 24.1. The van der Waals surface area contributed by atoms with E-state index >= 15 is 0 Å². The van der Waals surface area contributed by atoms with Crippen molar-refractivity contribution in [3.63, 3.8) is 0 Å². The molecule has 0 bridgehead atoms. The van der Waals surface area contributed by atoms with Crippen molar-refractivity contribution in [3.05, 3.63) is 109 Å². The Bertz CT molecular complexity index is 1650. The zero-order chi connectivity index (χ0) is 28.0. The van der Waals surface area contributed by atoms with Gasteiger partial charge in [-0.15, -0.1) is 0 Å². The molecule has 0 aliphatic rings. The monoisotopic (exact) mass is 569 g/mol. The van der Waals surface area contributed by atoms with Crippen LogP contribution in [0.25, 0.3) is 0 Å². The van der Waals surface area contributed by atoms with Gasteiger partial charge in [0, 0.05) is 11.4 Å². The number of anilines is 3. The maximum absolute atomic E-state index is 13.5. The minimum atomic E-state index is -4.23. The van der Waals surface area contributed by atoms with E-state index in [2.05, 4.69) is 10.0 Å². The molecule has 0 saturated heterocycles. The van der Waals surface area contributed by atoms with Gasteiger partial charge in [-0.2, -0.15) is 0 Å². The number of hydrogen-bond acceptors (Lipinski definition) is 6. The number of amides is 1. The highest BCUT2D eigenvalue weighted by Crippen LogP contribution is 2.26. The number of sulfonamides is 2. The second kappa shape index (κ2) is 11.5. The zero-order valence-electron chi connectivity index (χ0n) is 20.6. The van der Waals surface area contributed by atoms with Crippen LogP contribution in [0.15, 0.2) is 113 Å². The molecule has 0 radical (unpaired) electrons. The largest absolute Gasteiger partial charge is 0.497 e. The SMILES string of the molecule is COc1ccc(S(=O)(=O)N(CC(=O)Nc2ccc(S(=O)(=O)Nc3ccccc3)cc2)c2ccc(F)cc2)cc1. The van der Waals surface area contributed by atoms with Crippen molar-refractivity contribution < 1.29 is 30.8 Å². The topological polar surface area (TPSA) is 122 Å². The summed E-state index contributed by atoms with van der Waals surface area (Å²) in [6.07, 6.45) is 0. The van der Waals surface area contributed by atoms with Crippen molar-refractivity contribution in [2.45, 2.75) is 9.79 Å². The van der Waals surface area contributed by atoms with Gasteiger partial charge in [0.05, 0.1) is 22.6 Å². The molecule has 0 spiro atoms. The Morgan fingerprint density at radius 2 is 1.36 bits per heavy atom. The molecule has 0 atom stereocenters. The molecule has 1 amide bonds. The Hall–Kier alpha value is -4.42. The molecular formula is C27H24FN3O6S2. The number of para-hydroxylation sites is 1. The molecule has 0 aliphatic carbocycles. The third kappa shape index (κ3) is 6.72. The van der Waals surface area contributed by atoms with Crippen LogP contribution in [0.2, 0.25) is 0 Å². The lowest BCUT2D eigenvalue weighted by atomic mass is 10.3. The van der Waals surface area contributed by atoms with Crippen LogP contribution in [-0.4, -0.2) is 36.4 Å².